The zero-order valence-corrected chi connectivity index (χ0v) is 11.4. The van der Waals surface area contributed by atoms with E-state index in [0.717, 1.165) is 24.8 Å². The largest absolute Gasteiger partial charge is 0.458 e. The molecule has 0 unspecified atom stereocenters. The van der Waals surface area contributed by atoms with Crippen LogP contribution in [0.3, 0.4) is 0 Å². The summed E-state index contributed by atoms with van der Waals surface area (Å²) in [5.74, 6) is 0.0877. The Hall–Kier alpha value is -1.13. The SMILES string of the molecule is C=C1C(=O)O[C@@H]2CC(CO)=C([C@@H](C)CCCO)C[C@H]12. The van der Waals surface area contributed by atoms with Crippen LogP contribution in [0, 0.1) is 11.8 Å². The molecule has 1 saturated heterocycles. The van der Waals surface area contributed by atoms with E-state index in [1.807, 2.05) is 0 Å². The monoisotopic (exact) mass is 266 g/mol. The van der Waals surface area contributed by atoms with Gasteiger partial charge in [-0.15, -0.1) is 0 Å². The first-order chi connectivity index (χ1) is 9.08. The molecule has 106 valence electrons. The van der Waals surface area contributed by atoms with E-state index >= 15 is 0 Å². The number of rotatable bonds is 5. The number of carbonyl (C=O) groups excluding carboxylic acids is 1. The molecule has 3 atom stereocenters. The minimum Gasteiger partial charge on any atom is -0.458 e. The van der Waals surface area contributed by atoms with Gasteiger partial charge in [-0.2, -0.15) is 0 Å². The maximum absolute atomic E-state index is 11.5. The van der Waals surface area contributed by atoms with Crippen molar-refractivity contribution in [3.05, 3.63) is 23.3 Å². The molecule has 4 nitrogen and oxygen atoms in total. The Balaban J connectivity index is 2.16. The first-order valence-corrected chi connectivity index (χ1v) is 6.90. The highest BCUT2D eigenvalue weighted by molar-refractivity contribution is 5.91. The quantitative estimate of drug-likeness (QED) is 0.450. The summed E-state index contributed by atoms with van der Waals surface area (Å²) in [7, 11) is 0. The first kappa shape index (κ1) is 14.3. The number of hydrogen-bond donors (Lipinski definition) is 2. The van der Waals surface area contributed by atoms with Gasteiger partial charge in [0.2, 0.25) is 0 Å². The molecule has 0 bridgehead atoms. The molecule has 19 heavy (non-hydrogen) atoms. The van der Waals surface area contributed by atoms with Crippen LogP contribution in [0.15, 0.2) is 23.3 Å². The summed E-state index contributed by atoms with van der Waals surface area (Å²) >= 11 is 0. The fourth-order valence-electron chi connectivity index (χ4n) is 3.15. The number of aliphatic hydroxyl groups is 2. The van der Waals surface area contributed by atoms with Gasteiger partial charge in [-0.05, 0) is 30.8 Å². The van der Waals surface area contributed by atoms with Gasteiger partial charge in [-0.3, -0.25) is 0 Å². The van der Waals surface area contributed by atoms with E-state index in [2.05, 4.69) is 13.5 Å². The molecule has 2 N–H and O–H groups in total. The molecular formula is C15H22O4. The lowest BCUT2D eigenvalue weighted by Gasteiger charge is -2.31. The van der Waals surface area contributed by atoms with E-state index in [4.69, 9.17) is 9.84 Å². The fraction of sp³-hybridized carbons (Fsp3) is 0.667. The average Bonchev–Trinajstić information content (AvgIpc) is 2.69. The molecule has 0 aromatic carbocycles. The van der Waals surface area contributed by atoms with Crippen molar-refractivity contribution in [2.45, 2.75) is 38.7 Å². The first-order valence-electron chi connectivity index (χ1n) is 6.90. The Morgan fingerprint density at radius 3 is 2.79 bits per heavy atom. The number of ether oxygens (including phenoxy) is 1. The third-order valence-electron chi connectivity index (χ3n) is 4.34. The molecule has 0 saturated carbocycles. The van der Waals surface area contributed by atoms with Crippen molar-refractivity contribution in [1.82, 2.24) is 0 Å². The summed E-state index contributed by atoms with van der Waals surface area (Å²) in [6.45, 7) is 6.15. The lowest BCUT2D eigenvalue weighted by Crippen LogP contribution is -2.26. The summed E-state index contributed by atoms with van der Waals surface area (Å²) in [5, 5.41) is 18.4. The van der Waals surface area contributed by atoms with Crippen LogP contribution in [0.4, 0.5) is 0 Å². The van der Waals surface area contributed by atoms with Crippen LogP contribution < -0.4 is 0 Å². The molecule has 0 radical (unpaired) electrons. The predicted octanol–water partition coefficient (Wildman–Crippen LogP) is 1.58. The Morgan fingerprint density at radius 1 is 1.42 bits per heavy atom. The van der Waals surface area contributed by atoms with Gasteiger partial charge in [0.1, 0.15) is 6.10 Å². The average molecular weight is 266 g/mol. The topological polar surface area (TPSA) is 66.8 Å². The van der Waals surface area contributed by atoms with E-state index in [-0.39, 0.29) is 31.2 Å². The van der Waals surface area contributed by atoms with E-state index in [1.54, 1.807) is 0 Å². The maximum Gasteiger partial charge on any atom is 0.334 e. The van der Waals surface area contributed by atoms with Gasteiger partial charge in [0.05, 0.1) is 6.61 Å². The van der Waals surface area contributed by atoms with Crippen LogP contribution in [0.5, 0.6) is 0 Å². The highest BCUT2D eigenvalue weighted by Crippen LogP contribution is 2.43. The molecule has 1 aliphatic heterocycles. The summed E-state index contributed by atoms with van der Waals surface area (Å²) in [4.78, 5) is 11.5. The van der Waals surface area contributed by atoms with E-state index < -0.39 is 0 Å². The minimum atomic E-state index is -0.295. The number of carbonyl (C=O) groups is 1. The zero-order valence-electron chi connectivity index (χ0n) is 11.4. The Labute approximate surface area is 113 Å². The van der Waals surface area contributed by atoms with Crippen LogP contribution in [0.25, 0.3) is 0 Å². The van der Waals surface area contributed by atoms with Crippen molar-refractivity contribution in [1.29, 1.82) is 0 Å². The van der Waals surface area contributed by atoms with Crippen LogP contribution in [0.2, 0.25) is 0 Å². The van der Waals surface area contributed by atoms with E-state index in [0.29, 0.717) is 17.9 Å². The van der Waals surface area contributed by atoms with Gasteiger partial charge in [-0.25, -0.2) is 4.79 Å². The maximum atomic E-state index is 11.5. The van der Waals surface area contributed by atoms with Crippen molar-refractivity contribution >= 4 is 5.97 Å². The van der Waals surface area contributed by atoms with Crippen LogP contribution in [0.1, 0.15) is 32.6 Å². The van der Waals surface area contributed by atoms with Crippen LogP contribution in [-0.4, -0.2) is 35.5 Å². The lowest BCUT2D eigenvalue weighted by atomic mass is 9.75. The third-order valence-corrected chi connectivity index (χ3v) is 4.34. The normalized spacial score (nSPS) is 28.4. The summed E-state index contributed by atoms with van der Waals surface area (Å²) in [6.07, 6.45) is 2.88. The standard InChI is InChI=1S/C15H22O4/c1-9(4-3-5-16)12-7-13-10(2)15(18)19-14(13)6-11(12)8-17/h9,13-14,16-17H,2-8H2,1H3/t9-,13+,14+/m0/s1. The second-order valence-corrected chi connectivity index (χ2v) is 5.54. The third kappa shape index (κ3) is 2.74. The highest BCUT2D eigenvalue weighted by atomic mass is 16.6. The predicted molar refractivity (Wildman–Crippen MR) is 71.3 cm³/mol. The van der Waals surface area contributed by atoms with Gasteiger partial charge in [0, 0.05) is 24.5 Å². The van der Waals surface area contributed by atoms with Crippen molar-refractivity contribution in [2.75, 3.05) is 13.2 Å². The van der Waals surface area contributed by atoms with E-state index in [9.17, 15) is 9.90 Å². The number of allylic oxidation sites excluding steroid dienone is 1. The number of fused-ring (bicyclic) bond motifs is 1. The lowest BCUT2D eigenvalue weighted by molar-refractivity contribution is -0.139. The minimum absolute atomic E-state index is 0.0199. The molecule has 1 heterocycles. The number of esters is 1. The molecule has 0 aromatic rings. The van der Waals surface area contributed by atoms with Crippen LogP contribution in [-0.2, 0) is 9.53 Å². The number of aliphatic hydroxyl groups excluding tert-OH is 2. The van der Waals surface area contributed by atoms with Crippen molar-refractivity contribution < 1.29 is 19.7 Å². The molecule has 0 spiro atoms. The smallest absolute Gasteiger partial charge is 0.334 e. The molecule has 1 fully saturated rings. The molecule has 2 rings (SSSR count). The van der Waals surface area contributed by atoms with Gasteiger partial charge in [0.25, 0.3) is 0 Å². The Kier molecular flexibility index (Phi) is 4.42. The summed E-state index contributed by atoms with van der Waals surface area (Å²) in [6, 6.07) is 0. The molecule has 0 amide bonds. The summed E-state index contributed by atoms with van der Waals surface area (Å²) < 4.78 is 5.30. The number of hydrogen-bond acceptors (Lipinski definition) is 4. The second-order valence-electron chi connectivity index (χ2n) is 5.54. The molecule has 4 heteroatoms. The molecular weight excluding hydrogens is 244 g/mol. The van der Waals surface area contributed by atoms with Gasteiger partial charge in [-0.1, -0.05) is 19.1 Å². The van der Waals surface area contributed by atoms with E-state index in [1.165, 1.54) is 5.57 Å². The second kappa shape index (κ2) is 5.88. The molecule has 2 aliphatic rings. The zero-order chi connectivity index (χ0) is 14.0. The molecule has 1 aliphatic carbocycles. The summed E-state index contributed by atoms with van der Waals surface area (Å²) in [5.41, 5.74) is 2.78. The van der Waals surface area contributed by atoms with Gasteiger partial charge in [0.15, 0.2) is 0 Å². The Bertz CT molecular complexity index is 410. The fourth-order valence-corrected chi connectivity index (χ4v) is 3.15. The van der Waals surface area contributed by atoms with Crippen molar-refractivity contribution in [3.63, 3.8) is 0 Å². The Morgan fingerprint density at radius 2 is 2.16 bits per heavy atom. The highest BCUT2D eigenvalue weighted by Gasteiger charge is 2.42. The van der Waals surface area contributed by atoms with Crippen molar-refractivity contribution in [3.8, 4) is 0 Å². The van der Waals surface area contributed by atoms with Gasteiger partial charge >= 0.3 is 5.97 Å². The molecule has 0 aromatic heterocycles. The van der Waals surface area contributed by atoms with Crippen molar-refractivity contribution in [2.24, 2.45) is 11.8 Å². The van der Waals surface area contributed by atoms with Gasteiger partial charge < -0.3 is 14.9 Å². The van der Waals surface area contributed by atoms with Crippen LogP contribution >= 0.6 is 0 Å².